The lowest BCUT2D eigenvalue weighted by Crippen LogP contribution is -2.08. The summed E-state index contributed by atoms with van der Waals surface area (Å²) in [7, 11) is 0. The lowest BCUT2D eigenvalue weighted by atomic mass is 10.3. The first-order chi connectivity index (χ1) is 8.02. The van der Waals surface area contributed by atoms with Crippen LogP contribution in [0.25, 0.3) is 5.69 Å². The molecular weight excluding hydrogens is 251 g/mol. The van der Waals surface area contributed by atoms with E-state index in [1.165, 1.54) is 4.68 Å². The predicted octanol–water partition coefficient (Wildman–Crippen LogP) is 3.01. The highest BCUT2D eigenvalue weighted by atomic mass is 32.2. The summed E-state index contributed by atoms with van der Waals surface area (Å²) in [5, 5.41) is 3.69. The minimum absolute atomic E-state index is 0.212. The van der Waals surface area contributed by atoms with Gasteiger partial charge in [0, 0.05) is 0 Å². The molecule has 17 heavy (non-hydrogen) atoms. The first kappa shape index (κ1) is 12.0. The van der Waals surface area contributed by atoms with Gasteiger partial charge in [0.1, 0.15) is 0 Å². The van der Waals surface area contributed by atoms with Crippen LogP contribution in [0.2, 0.25) is 0 Å². The second-order valence-electron chi connectivity index (χ2n) is 3.17. The third-order valence-corrected chi connectivity index (χ3v) is 2.64. The highest BCUT2D eigenvalue weighted by Gasteiger charge is 2.37. The van der Waals surface area contributed by atoms with Gasteiger partial charge in [0.25, 0.3) is 5.82 Å². The van der Waals surface area contributed by atoms with Crippen LogP contribution in [0.15, 0.2) is 35.5 Å². The fourth-order valence-electron chi connectivity index (χ4n) is 1.29. The van der Waals surface area contributed by atoms with E-state index in [1.54, 1.807) is 36.6 Å². The molecule has 0 fully saturated rings. The molecule has 2 aromatic rings. The largest absolute Gasteiger partial charge is 0.453 e. The first-order valence-electron chi connectivity index (χ1n) is 4.66. The summed E-state index contributed by atoms with van der Waals surface area (Å²) in [5.41, 5.74) is 0.555. The van der Waals surface area contributed by atoms with Gasteiger partial charge >= 0.3 is 6.18 Å². The number of benzene rings is 1. The van der Waals surface area contributed by atoms with E-state index in [4.69, 9.17) is 0 Å². The molecule has 0 aliphatic rings. The van der Waals surface area contributed by atoms with E-state index < -0.39 is 12.0 Å². The molecule has 1 aromatic heterocycles. The topological polar surface area (TPSA) is 30.7 Å². The van der Waals surface area contributed by atoms with Crippen molar-refractivity contribution < 1.29 is 13.2 Å². The number of nitrogens with zero attached hydrogens (tertiary/aromatic N) is 3. The molecule has 2 rings (SSSR count). The standard InChI is InChI=1S/C10H8F3N3S/c1-17-9-14-8(10(11,12)13)15-16(9)7-5-3-2-4-6-7/h2-6H,1H3. The number of alkyl halides is 3. The fourth-order valence-corrected chi connectivity index (χ4v) is 1.78. The summed E-state index contributed by atoms with van der Waals surface area (Å²) in [6.45, 7) is 0. The molecule has 0 saturated carbocycles. The van der Waals surface area contributed by atoms with Crippen LogP contribution in [0.1, 0.15) is 5.82 Å². The van der Waals surface area contributed by atoms with E-state index in [9.17, 15) is 13.2 Å². The minimum atomic E-state index is -4.52. The molecule has 0 spiro atoms. The van der Waals surface area contributed by atoms with Crippen molar-refractivity contribution in [3.05, 3.63) is 36.2 Å². The fraction of sp³-hybridized carbons (Fsp3) is 0.200. The number of hydrogen-bond donors (Lipinski definition) is 0. The van der Waals surface area contributed by atoms with Crippen LogP contribution in [0.3, 0.4) is 0 Å². The quantitative estimate of drug-likeness (QED) is 0.777. The Morgan fingerprint density at radius 1 is 1.18 bits per heavy atom. The molecule has 1 aromatic carbocycles. The van der Waals surface area contributed by atoms with Crippen LogP contribution in [0, 0.1) is 0 Å². The minimum Gasteiger partial charge on any atom is -0.207 e. The molecule has 90 valence electrons. The zero-order chi connectivity index (χ0) is 12.5. The van der Waals surface area contributed by atoms with E-state index in [-0.39, 0.29) is 5.16 Å². The molecule has 1 heterocycles. The summed E-state index contributed by atoms with van der Waals surface area (Å²) in [6.07, 6.45) is -2.87. The second kappa shape index (κ2) is 4.40. The van der Waals surface area contributed by atoms with E-state index >= 15 is 0 Å². The van der Waals surface area contributed by atoms with Gasteiger partial charge in [-0.2, -0.15) is 18.2 Å². The number of hydrogen-bond acceptors (Lipinski definition) is 3. The molecule has 0 saturated heterocycles. The summed E-state index contributed by atoms with van der Waals surface area (Å²) in [5.74, 6) is -1.12. The number of para-hydroxylation sites is 1. The third kappa shape index (κ3) is 2.44. The molecule has 0 N–H and O–H groups in total. The Kier molecular flexibility index (Phi) is 3.10. The van der Waals surface area contributed by atoms with Gasteiger partial charge in [0.2, 0.25) is 0 Å². The van der Waals surface area contributed by atoms with Crippen LogP contribution in [0.4, 0.5) is 13.2 Å². The Hall–Kier alpha value is -1.50. The number of rotatable bonds is 2. The summed E-state index contributed by atoms with van der Waals surface area (Å²) in [6, 6.07) is 8.59. The molecule has 0 aliphatic carbocycles. The maximum atomic E-state index is 12.5. The van der Waals surface area contributed by atoms with Crippen molar-refractivity contribution in [1.82, 2.24) is 14.8 Å². The second-order valence-corrected chi connectivity index (χ2v) is 3.94. The van der Waals surface area contributed by atoms with Crippen molar-refractivity contribution in [2.45, 2.75) is 11.3 Å². The summed E-state index contributed by atoms with van der Waals surface area (Å²) < 4.78 is 38.6. The molecule has 0 atom stereocenters. The van der Waals surface area contributed by atoms with E-state index in [0.717, 1.165) is 11.8 Å². The highest BCUT2D eigenvalue weighted by molar-refractivity contribution is 7.98. The van der Waals surface area contributed by atoms with Gasteiger partial charge in [0.05, 0.1) is 5.69 Å². The average molecular weight is 259 g/mol. The van der Waals surface area contributed by atoms with Gasteiger partial charge in [-0.3, -0.25) is 0 Å². The van der Waals surface area contributed by atoms with Gasteiger partial charge in [-0.1, -0.05) is 30.0 Å². The molecule has 0 unspecified atom stereocenters. The molecule has 0 bridgehead atoms. The lowest BCUT2D eigenvalue weighted by Gasteiger charge is -2.02. The van der Waals surface area contributed by atoms with Crippen molar-refractivity contribution in [3.63, 3.8) is 0 Å². The Balaban J connectivity index is 2.51. The molecular formula is C10H8F3N3S. The van der Waals surface area contributed by atoms with Crippen molar-refractivity contribution in [3.8, 4) is 5.69 Å². The SMILES string of the molecule is CSc1nc(C(F)(F)F)nn1-c1ccccc1. The summed E-state index contributed by atoms with van der Waals surface area (Å²) >= 11 is 1.12. The molecule has 0 amide bonds. The lowest BCUT2D eigenvalue weighted by molar-refractivity contribution is -0.145. The predicted molar refractivity (Wildman–Crippen MR) is 58.1 cm³/mol. The monoisotopic (exact) mass is 259 g/mol. The van der Waals surface area contributed by atoms with Gasteiger partial charge < -0.3 is 0 Å². The maximum Gasteiger partial charge on any atom is 0.453 e. The van der Waals surface area contributed by atoms with E-state index in [2.05, 4.69) is 10.1 Å². The van der Waals surface area contributed by atoms with Gasteiger partial charge in [-0.15, -0.1) is 5.10 Å². The van der Waals surface area contributed by atoms with Crippen LogP contribution >= 0.6 is 11.8 Å². The molecule has 3 nitrogen and oxygen atoms in total. The molecule has 0 aliphatic heterocycles. The van der Waals surface area contributed by atoms with Gasteiger partial charge in [0.15, 0.2) is 5.16 Å². The average Bonchev–Trinajstić information content (AvgIpc) is 2.73. The van der Waals surface area contributed by atoms with Crippen LogP contribution in [-0.4, -0.2) is 21.0 Å². The van der Waals surface area contributed by atoms with Crippen molar-refractivity contribution >= 4 is 11.8 Å². The van der Waals surface area contributed by atoms with Crippen LogP contribution in [0.5, 0.6) is 0 Å². The highest BCUT2D eigenvalue weighted by Crippen LogP contribution is 2.29. The van der Waals surface area contributed by atoms with Crippen molar-refractivity contribution in [2.24, 2.45) is 0 Å². The van der Waals surface area contributed by atoms with Crippen molar-refractivity contribution in [2.75, 3.05) is 6.26 Å². The smallest absolute Gasteiger partial charge is 0.207 e. The Morgan fingerprint density at radius 3 is 2.35 bits per heavy atom. The Morgan fingerprint density at radius 2 is 1.82 bits per heavy atom. The number of thioether (sulfide) groups is 1. The van der Waals surface area contributed by atoms with Crippen LogP contribution in [-0.2, 0) is 6.18 Å². The zero-order valence-corrected chi connectivity index (χ0v) is 9.59. The zero-order valence-electron chi connectivity index (χ0n) is 8.77. The van der Waals surface area contributed by atoms with Crippen LogP contribution < -0.4 is 0 Å². The van der Waals surface area contributed by atoms with Crippen molar-refractivity contribution in [1.29, 1.82) is 0 Å². The first-order valence-corrected chi connectivity index (χ1v) is 5.88. The molecule has 0 radical (unpaired) electrons. The Labute approximate surface area is 99.7 Å². The molecule has 7 heteroatoms. The normalized spacial score (nSPS) is 11.8. The summed E-state index contributed by atoms with van der Waals surface area (Å²) in [4.78, 5) is 3.47. The van der Waals surface area contributed by atoms with Gasteiger partial charge in [-0.05, 0) is 18.4 Å². The third-order valence-electron chi connectivity index (χ3n) is 2.01. The van der Waals surface area contributed by atoms with E-state index in [1.807, 2.05) is 0 Å². The number of halogens is 3. The van der Waals surface area contributed by atoms with Gasteiger partial charge in [-0.25, -0.2) is 4.68 Å². The maximum absolute atomic E-state index is 12.5. The Bertz CT molecular complexity index is 507. The van der Waals surface area contributed by atoms with E-state index in [0.29, 0.717) is 5.69 Å². The number of aromatic nitrogens is 3.